The average molecular weight is 418 g/mol. The van der Waals surface area contributed by atoms with E-state index in [0.717, 1.165) is 45.3 Å². The van der Waals surface area contributed by atoms with Crippen molar-refractivity contribution in [2.75, 3.05) is 13.1 Å². The van der Waals surface area contributed by atoms with Crippen LogP contribution in [0.15, 0.2) is 12.4 Å². The molecule has 3 aliphatic rings. The van der Waals surface area contributed by atoms with E-state index in [4.69, 9.17) is 14.6 Å². The number of piperidine rings is 1. The fraction of sp³-hybridized carbons (Fsp3) is 0.722. The van der Waals surface area contributed by atoms with Gasteiger partial charge < -0.3 is 15.2 Å². The summed E-state index contributed by atoms with van der Waals surface area (Å²) in [6.07, 6.45) is 3.16. The minimum absolute atomic E-state index is 0.107. The lowest BCUT2D eigenvalue weighted by Gasteiger charge is -2.33. The fourth-order valence-electron chi connectivity index (χ4n) is 3.64. The predicted octanol–water partition coefficient (Wildman–Crippen LogP) is 1.31. The van der Waals surface area contributed by atoms with Crippen LogP contribution in [0, 0.1) is 5.92 Å². The monoisotopic (exact) mass is 418 g/mol. The molecule has 2 aliphatic heterocycles. The average Bonchev–Trinajstić information content (AvgIpc) is 3.19. The van der Waals surface area contributed by atoms with Gasteiger partial charge >= 0.3 is 12.1 Å². The van der Waals surface area contributed by atoms with Crippen LogP contribution in [0.2, 0.25) is 0 Å². The summed E-state index contributed by atoms with van der Waals surface area (Å²) in [5.41, 5.74) is 1.24. The van der Waals surface area contributed by atoms with Crippen LogP contribution in [-0.4, -0.2) is 69.2 Å². The minimum Gasteiger partial charge on any atom is -0.475 e. The van der Waals surface area contributed by atoms with Crippen LogP contribution in [0.25, 0.3) is 0 Å². The number of nitrogens with zero attached hydrogens (tertiary/aromatic N) is 3. The molecular weight excluding hydrogens is 393 g/mol. The minimum atomic E-state index is -5.08. The zero-order valence-corrected chi connectivity index (χ0v) is 16.1. The zero-order chi connectivity index (χ0) is 21.2. The smallest absolute Gasteiger partial charge is 0.475 e. The molecule has 2 saturated heterocycles. The molecular formula is C18H25F3N4O4. The van der Waals surface area contributed by atoms with E-state index in [0.29, 0.717) is 12.0 Å². The molecule has 1 aromatic heterocycles. The van der Waals surface area contributed by atoms with Gasteiger partial charge in [0.15, 0.2) is 0 Å². The quantitative estimate of drug-likeness (QED) is 0.766. The molecule has 8 nitrogen and oxygen atoms in total. The Hall–Kier alpha value is -2.14. The molecule has 0 unspecified atom stereocenters. The molecule has 11 heteroatoms. The second-order valence-corrected chi connectivity index (χ2v) is 7.79. The second kappa shape index (κ2) is 8.70. The zero-order valence-electron chi connectivity index (χ0n) is 16.1. The Morgan fingerprint density at radius 2 is 2.03 bits per heavy atom. The summed E-state index contributed by atoms with van der Waals surface area (Å²) < 4.78 is 39.6. The third-order valence-electron chi connectivity index (χ3n) is 5.26. The molecule has 0 bridgehead atoms. The lowest BCUT2D eigenvalue weighted by atomic mass is 9.91. The van der Waals surface area contributed by atoms with Crippen LogP contribution in [-0.2, 0) is 27.9 Å². The Bertz CT molecular complexity index is 735. The van der Waals surface area contributed by atoms with E-state index in [1.807, 2.05) is 17.9 Å². The number of aliphatic carboxylic acids is 1. The van der Waals surface area contributed by atoms with Crippen LogP contribution >= 0.6 is 0 Å². The number of rotatable bonds is 4. The number of carbonyl (C=O) groups excluding carboxylic acids is 1. The van der Waals surface area contributed by atoms with E-state index < -0.39 is 12.1 Å². The van der Waals surface area contributed by atoms with Crippen LogP contribution < -0.4 is 5.32 Å². The Morgan fingerprint density at radius 1 is 1.34 bits per heavy atom. The van der Waals surface area contributed by atoms with Crippen molar-refractivity contribution in [2.24, 2.45) is 13.0 Å². The number of alkyl halides is 3. The number of likely N-dealkylation sites (tertiary alicyclic amines) is 1. The summed E-state index contributed by atoms with van der Waals surface area (Å²) in [5.74, 6) is -2.11. The van der Waals surface area contributed by atoms with Crippen LogP contribution in [0.1, 0.15) is 31.2 Å². The number of aryl methyl sites for hydroxylation is 1. The Morgan fingerprint density at radius 3 is 2.59 bits per heavy atom. The third kappa shape index (κ3) is 6.17. The van der Waals surface area contributed by atoms with Crippen LogP contribution in [0.4, 0.5) is 13.2 Å². The van der Waals surface area contributed by atoms with Gasteiger partial charge in [0.1, 0.15) is 6.10 Å². The molecule has 1 saturated carbocycles. The molecule has 0 spiro atoms. The van der Waals surface area contributed by atoms with Gasteiger partial charge in [-0.05, 0) is 38.1 Å². The Kier molecular flexibility index (Phi) is 6.47. The van der Waals surface area contributed by atoms with E-state index in [-0.39, 0.29) is 18.1 Å². The largest absolute Gasteiger partial charge is 0.490 e. The number of aromatic nitrogens is 2. The van der Waals surface area contributed by atoms with E-state index in [2.05, 4.69) is 21.5 Å². The number of carboxylic acid groups (broad SMARTS) is 1. The third-order valence-corrected chi connectivity index (χ3v) is 5.26. The molecule has 3 heterocycles. The van der Waals surface area contributed by atoms with Gasteiger partial charge in [0.2, 0.25) is 5.91 Å². The molecule has 162 valence electrons. The highest BCUT2D eigenvalue weighted by atomic mass is 19.4. The first-order chi connectivity index (χ1) is 13.6. The maximum Gasteiger partial charge on any atom is 0.490 e. The van der Waals surface area contributed by atoms with E-state index >= 15 is 0 Å². The van der Waals surface area contributed by atoms with E-state index in [1.54, 1.807) is 0 Å². The maximum absolute atomic E-state index is 12.2. The number of fused-ring (bicyclic) bond motifs is 1. The summed E-state index contributed by atoms with van der Waals surface area (Å²) in [6, 6.07) is 0.417. The van der Waals surface area contributed by atoms with Gasteiger partial charge in [-0.25, -0.2) is 4.79 Å². The lowest BCUT2D eigenvalue weighted by molar-refractivity contribution is -0.192. The van der Waals surface area contributed by atoms with Gasteiger partial charge in [0.25, 0.3) is 0 Å². The van der Waals surface area contributed by atoms with Gasteiger partial charge in [-0.3, -0.25) is 14.4 Å². The molecule has 1 aliphatic carbocycles. The van der Waals surface area contributed by atoms with Crippen molar-refractivity contribution in [3.05, 3.63) is 18.0 Å². The van der Waals surface area contributed by atoms with Gasteiger partial charge in [-0.2, -0.15) is 18.3 Å². The van der Waals surface area contributed by atoms with Crippen LogP contribution in [0.5, 0.6) is 0 Å². The van der Waals surface area contributed by atoms with Crippen molar-refractivity contribution < 1.29 is 32.6 Å². The van der Waals surface area contributed by atoms with E-state index in [1.165, 1.54) is 5.56 Å². The molecule has 0 radical (unpaired) electrons. The lowest BCUT2D eigenvalue weighted by Crippen LogP contribution is -2.42. The number of ether oxygens (including phenoxy) is 1. The predicted molar refractivity (Wildman–Crippen MR) is 94.7 cm³/mol. The molecule has 3 atom stereocenters. The standard InChI is InChI=1S/C16H24N4O2.C2HF3O2/c1-19-8-11(7-17-19)9-20-5-4-12-6-14(22-15(12)10-20)16(21)18-13-2-3-13;3-2(4,5)1(6)7/h7-8,12-15H,2-6,9-10H2,1H3,(H,18,21);(H,6,7)/t12-,14+,15+;/m0./s1. The number of halogens is 3. The molecule has 29 heavy (non-hydrogen) atoms. The SMILES string of the molecule is Cn1cc(CN2CC[C@H]3C[C@H](C(=O)NC4CC4)O[C@@H]3C2)cn1.O=C(O)C(F)(F)F. The highest BCUT2D eigenvalue weighted by Crippen LogP contribution is 2.34. The maximum atomic E-state index is 12.2. The first kappa shape index (κ1) is 21.6. The highest BCUT2D eigenvalue weighted by molar-refractivity contribution is 5.81. The normalized spacial score (nSPS) is 27.0. The van der Waals surface area contributed by atoms with Gasteiger partial charge in [0.05, 0.1) is 12.3 Å². The van der Waals surface area contributed by atoms with Gasteiger partial charge in [-0.1, -0.05) is 0 Å². The highest BCUT2D eigenvalue weighted by Gasteiger charge is 2.42. The number of hydrogen-bond donors (Lipinski definition) is 2. The summed E-state index contributed by atoms with van der Waals surface area (Å²) in [4.78, 5) is 23.5. The van der Waals surface area contributed by atoms with Crippen molar-refractivity contribution in [3.63, 3.8) is 0 Å². The summed E-state index contributed by atoms with van der Waals surface area (Å²) >= 11 is 0. The molecule has 4 rings (SSSR count). The van der Waals surface area contributed by atoms with Gasteiger partial charge in [0, 0.05) is 37.9 Å². The molecule has 3 fully saturated rings. The number of amides is 1. The number of nitrogens with one attached hydrogen (secondary N) is 1. The first-order valence-electron chi connectivity index (χ1n) is 9.57. The van der Waals surface area contributed by atoms with Crippen LogP contribution in [0.3, 0.4) is 0 Å². The number of hydrogen-bond acceptors (Lipinski definition) is 5. The van der Waals surface area contributed by atoms with Crippen molar-refractivity contribution in [1.29, 1.82) is 0 Å². The van der Waals surface area contributed by atoms with Gasteiger partial charge in [-0.15, -0.1) is 0 Å². The van der Waals surface area contributed by atoms with Crippen molar-refractivity contribution >= 4 is 11.9 Å². The number of carbonyl (C=O) groups is 2. The Labute approximate surface area is 166 Å². The summed E-state index contributed by atoms with van der Waals surface area (Å²) in [5, 5.41) is 14.4. The Balaban J connectivity index is 0.000000298. The van der Waals surface area contributed by atoms with Crippen molar-refractivity contribution in [3.8, 4) is 0 Å². The fourth-order valence-corrected chi connectivity index (χ4v) is 3.64. The van der Waals surface area contributed by atoms with E-state index in [9.17, 15) is 18.0 Å². The topological polar surface area (TPSA) is 96.7 Å². The second-order valence-electron chi connectivity index (χ2n) is 7.79. The molecule has 2 N–H and O–H groups in total. The first-order valence-corrected chi connectivity index (χ1v) is 9.57. The van der Waals surface area contributed by atoms with Crippen molar-refractivity contribution in [2.45, 2.75) is 56.7 Å². The summed E-state index contributed by atoms with van der Waals surface area (Å²) in [6.45, 7) is 2.92. The molecule has 1 amide bonds. The van der Waals surface area contributed by atoms with Crippen molar-refractivity contribution in [1.82, 2.24) is 20.0 Å². The molecule has 1 aromatic rings. The molecule has 0 aromatic carbocycles. The summed E-state index contributed by atoms with van der Waals surface area (Å²) in [7, 11) is 1.94. The number of carboxylic acids is 1.